The minimum absolute atomic E-state index is 0.0613. The van der Waals surface area contributed by atoms with Crippen LogP contribution in [0.4, 0.5) is 13.2 Å². The Labute approximate surface area is 220 Å². The third kappa shape index (κ3) is 5.14. The number of fused-ring (bicyclic) bond motifs is 2. The number of benzene rings is 2. The van der Waals surface area contributed by atoms with E-state index in [1.807, 2.05) is 17.2 Å². The van der Waals surface area contributed by atoms with Gasteiger partial charge in [0.05, 0.1) is 18.4 Å². The van der Waals surface area contributed by atoms with Gasteiger partial charge in [0.15, 0.2) is 0 Å². The van der Waals surface area contributed by atoms with E-state index in [-0.39, 0.29) is 24.0 Å². The van der Waals surface area contributed by atoms with E-state index in [1.54, 1.807) is 10.9 Å². The fourth-order valence-corrected chi connectivity index (χ4v) is 5.75. The molecular formula is C28H32F3N5O2. The summed E-state index contributed by atoms with van der Waals surface area (Å²) in [5.41, 5.74) is 3.12. The second-order valence-electron chi connectivity index (χ2n) is 10.2. The van der Waals surface area contributed by atoms with Crippen molar-refractivity contribution in [3.05, 3.63) is 76.6 Å². The Hall–Kier alpha value is -3.40. The smallest absolute Gasteiger partial charge is 0.416 e. The Kier molecular flexibility index (Phi) is 7.17. The first-order valence-corrected chi connectivity index (χ1v) is 12.9. The average Bonchev–Trinajstić information content (AvgIpc) is 3.66. The van der Waals surface area contributed by atoms with Gasteiger partial charge in [0.1, 0.15) is 5.75 Å². The van der Waals surface area contributed by atoms with Gasteiger partial charge in [-0.2, -0.15) is 13.2 Å². The Morgan fingerprint density at radius 2 is 1.84 bits per heavy atom. The summed E-state index contributed by atoms with van der Waals surface area (Å²) in [6.45, 7) is 9.08. The molecule has 0 unspecified atom stereocenters. The van der Waals surface area contributed by atoms with Crippen LogP contribution in [0.1, 0.15) is 58.4 Å². The van der Waals surface area contributed by atoms with E-state index in [1.165, 1.54) is 23.3 Å². The van der Waals surface area contributed by atoms with Gasteiger partial charge in [0.25, 0.3) is 5.91 Å². The summed E-state index contributed by atoms with van der Waals surface area (Å²) < 4.78 is 46.5. The van der Waals surface area contributed by atoms with Gasteiger partial charge in [0, 0.05) is 55.9 Å². The number of aryl methyl sites for hydroxylation is 1. The lowest BCUT2D eigenvalue weighted by atomic mass is 9.96. The number of alkyl halides is 3. The van der Waals surface area contributed by atoms with Crippen molar-refractivity contribution in [3.63, 3.8) is 0 Å². The van der Waals surface area contributed by atoms with Gasteiger partial charge in [-0.15, -0.1) is 5.10 Å². The predicted molar refractivity (Wildman–Crippen MR) is 136 cm³/mol. The number of likely N-dealkylation sites (tertiary alicyclic amines) is 2. The Morgan fingerprint density at radius 1 is 1.08 bits per heavy atom. The van der Waals surface area contributed by atoms with Gasteiger partial charge >= 0.3 is 6.18 Å². The third-order valence-electron chi connectivity index (χ3n) is 7.99. The first kappa shape index (κ1) is 26.2. The van der Waals surface area contributed by atoms with Gasteiger partial charge in [-0.1, -0.05) is 11.3 Å². The lowest BCUT2D eigenvalue weighted by molar-refractivity contribution is -0.137. The summed E-state index contributed by atoms with van der Waals surface area (Å²) in [6.07, 6.45) is 0.792. The lowest BCUT2D eigenvalue weighted by Gasteiger charge is -2.38. The second kappa shape index (κ2) is 10.4. The zero-order valence-corrected chi connectivity index (χ0v) is 21.8. The number of amides is 1. The van der Waals surface area contributed by atoms with E-state index in [4.69, 9.17) is 4.74 Å². The fraction of sp³-hybridized carbons (Fsp3) is 0.464. The number of piperazine rings is 1. The quantitative estimate of drug-likeness (QED) is 0.384. The van der Waals surface area contributed by atoms with Crippen LogP contribution in [-0.2, 0) is 12.7 Å². The standard InChI is InChI=1S/C28H32F3N5O2/c1-18-19(2)26(38-14-4-12-34-13-11-32-33-34)10-9-25(18)20(3)35-16-24-15-23(35)17-36(24)27(37)21-5-7-22(8-6-21)28(29,30)31/h5-11,13,20,23-24H,4,12,14-17H2,1-3H3/t20-,23-,24-/m0/s1. The molecule has 38 heavy (non-hydrogen) atoms. The molecule has 3 heterocycles. The van der Waals surface area contributed by atoms with Gasteiger partial charge in [-0.25, -0.2) is 0 Å². The normalized spacial score (nSPS) is 20.2. The number of carbonyl (C=O) groups is 1. The number of hydrogen-bond donors (Lipinski definition) is 0. The van der Waals surface area contributed by atoms with Crippen LogP contribution in [-0.4, -0.2) is 62.5 Å². The highest BCUT2D eigenvalue weighted by molar-refractivity contribution is 5.94. The summed E-state index contributed by atoms with van der Waals surface area (Å²) in [6, 6.07) is 9.15. The molecule has 0 radical (unpaired) electrons. The molecule has 3 atom stereocenters. The first-order valence-electron chi connectivity index (χ1n) is 12.9. The van der Waals surface area contributed by atoms with Crippen LogP contribution in [0, 0.1) is 13.8 Å². The Morgan fingerprint density at radius 3 is 2.47 bits per heavy atom. The molecule has 2 aromatic carbocycles. The molecule has 3 aromatic rings. The van der Waals surface area contributed by atoms with Crippen molar-refractivity contribution in [1.29, 1.82) is 0 Å². The molecule has 0 spiro atoms. The summed E-state index contributed by atoms with van der Waals surface area (Å²) in [7, 11) is 0. The number of hydrogen-bond acceptors (Lipinski definition) is 5. The number of nitrogens with zero attached hydrogens (tertiary/aromatic N) is 5. The zero-order chi connectivity index (χ0) is 27.0. The van der Waals surface area contributed by atoms with E-state index >= 15 is 0 Å². The average molecular weight is 528 g/mol. The molecular weight excluding hydrogens is 495 g/mol. The van der Waals surface area contributed by atoms with E-state index in [9.17, 15) is 18.0 Å². The van der Waals surface area contributed by atoms with Crippen molar-refractivity contribution in [1.82, 2.24) is 24.8 Å². The number of aromatic nitrogens is 3. The molecule has 1 amide bonds. The van der Waals surface area contributed by atoms with E-state index in [0.29, 0.717) is 18.7 Å². The Balaban J connectivity index is 1.19. The molecule has 2 fully saturated rings. The molecule has 2 aliphatic rings. The highest BCUT2D eigenvalue weighted by atomic mass is 19.4. The summed E-state index contributed by atoms with van der Waals surface area (Å²) in [5.74, 6) is 0.684. The molecule has 2 bridgehead atoms. The molecule has 2 aliphatic heterocycles. The number of ether oxygens (including phenoxy) is 1. The maximum Gasteiger partial charge on any atom is 0.416 e. The monoisotopic (exact) mass is 527 g/mol. The molecule has 1 aromatic heterocycles. The van der Waals surface area contributed by atoms with Crippen molar-refractivity contribution < 1.29 is 22.7 Å². The zero-order valence-electron chi connectivity index (χ0n) is 21.8. The van der Waals surface area contributed by atoms with Crippen LogP contribution in [0.5, 0.6) is 5.75 Å². The molecule has 10 heteroatoms. The van der Waals surface area contributed by atoms with Crippen LogP contribution < -0.4 is 4.74 Å². The number of carbonyl (C=O) groups excluding carboxylic acids is 1. The largest absolute Gasteiger partial charge is 0.493 e. The molecule has 2 saturated heterocycles. The van der Waals surface area contributed by atoms with Crippen molar-refractivity contribution in [2.24, 2.45) is 0 Å². The number of rotatable bonds is 8. The fourth-order valence-electron chi connectivity index (χ4n) is 5.75. The van der Waals surface area contributed by atoms with Crippen LogP contribution in [0.15, 0.2) is 48.8 Å². The van der Waals surface area contributed by atoms with Gasteiger partial charge in [-0.05, 0) is 74.2 Å². The highest BCUT2D eigenvalue weighted by Gasteiger charge is 2.47. The van der Waals surface area contributed by atoms with Crippen molar-refractivity contribution in [2.45, 2.75) is 64.5 Å². The topological polar surface area (TPSA) is 63.5 Å². The number of halogens is 3. The van der Waals surface area contributed by atoms with Gasteiger partial charge in [0.2, 0.25) is 0 Å². The molecule has 7 nitrogen and oxygen atoms in total. The molecule has 202 valence electrons. The van der Waals surface area contributed by atoms with E-state index in [2.05, 4.69) is 42.0 Å². The summed E-state index contributed by atoms with van der Waals surface area (Å²) in [5, 5.41) is 7.77. The summed E-state index contributed by atoms with van der Waals surface area (Å²) >= 11 is 0. The van der Waals surface area contributed by atoms with Crippen molar-refractivity contribution in [3.8, 4) is 5.75 Å². The van der Waals surface area contributed by atoms with Gasteiger partial charge in [-0.3, -0.25) is 14.4 Å². The Bertz CT molecular complexity index is 1280. The molecule has 0 saturated carbocycles. The van der Waals surface area contributed by atoms with Crippen molar-refractivity contribution in [2.75, 3.05) is 19.7 Å². The first-order chi connectivity index (χ1) is 18.1. The predicted octanol–water partition coefficient (Wildman–Crippen LogP) is 5.04. The minimum Gasteiger partial charge on any atom is -0.493 e. The van der Waals surface area contributed by atoms with E-state index < -0.39 is 11.7 Å². The minimum atomic E-state index is -4.41. The molecule has 0 N–H and O–H groups in total. The second-order valence-corrected chi connectivity index (χ2v) is 10.2. The highest BCUT2D eigenvalue weighted by Crippen LogP contribution is 2.40. The van der Waals surface area contributed by atoms with Gasteiger partial charge < -0.3 is 9.64 Å². The van der Waals surface area contributed by atoms with E-state index in [0.717, 1.165) is 49.4 Å². The van der Waals surface area contributed by atoms with Crippen LogP contribution in [0.2, 0.25) is 0 Å². The summed E-state index contributed by atoms with van der Waals surface area (Å²) in [4.78, 5) is 17.3. The third-order valence-corrected chi connectivity index (χ3v) is 7.99. The van der Waals surface area contributed by atoms with Crippen molar-refractivity contribution >= 4 is 5.91 Å². The van der Waals surface area contributed by atoms with Crippen LogP contribution in [0.3, 0.4) is 0 Å². The lowest BCUT2D eigenvalue weighted by Crippen LogP contribution is -2.49. The maximum atomic E-state index is 13.1. The SMILES string of the molecule is Cc1c(OCCCn2ccnn2)ccc([C@H](C)N2C[C@@H]3C[C@H]2CN3C(=O)c2ccc(C(F)(F)F)cc2)c1C. The van der Waals surface area contributed by atoms with Crippen LogP contribution >= 0.6 is 0 Å². The van der Waals surface area contributed by atoms with Crippen LogP contribution in [0.25, 0.3) is 0 Å². The molecule has 5 rings (SSSR count). The maximum absolute atomic E-state index is 13.1. The molecule has 0 aliphatic carbocycles.